The van der Waals surface area contributed by atoms with Gasteiger partial charge < -0.3 is 4.90 Å². The van der Waals surface area contributed by atoms with E-state index in [2.05, 4.69) is 124 Å². The lowest BCUT2D eigenvalue weighted by molar-refractivity contribution is 0.232. The first-order valence-corrected chi connectivity index (χ1v) is 16.8. The van der Waals surface area contributed by atoms with E-state index in [-0.39, 0.29) is 10.8 Å². The van der Waals surface area contributed by atoms with Crippen LogP contribution in [-0.4, -0.2) is 24.5 Å². The minimum Gasteiger partial charge on any atom is -0.303 e. The fourth-order valence-corrected chi connectivity index (χ4v) is 5.42. The summed E-state index contributed by atoms with van der Waals surface area (Å²) in [6.07, 6.45) is 16.6. The maximum atomic E-state index is 2.61. The number of rotatable bonds is 11. The van der Waals surface area contributed by atoms with E-state index in [4.69, 9.17) is 0 Å². The van der Waals surface area contributed by atoms with Gasteiger partial charge in [-0.25, -0.2) is 0 Å². The largest absolute Gasteiger partial charge is 0.303 e. The third-order valence-corrected chi connectivity index (χ3v) is 7.63. The molecule has 1 aromatic carbocycles. The van der Waals surface area contributed by atoms with Crippen molar-refractivity contribution in [3.63, 3.8) is 0 Å². The highest BCUT2D eigenvalue weighted by molar-refractivity contribution is 5.75. The third-order valence-electron chi connectivity index (χ3n) is 7.63. The van der Waals surface area contributed by atoms with Gasteiger partial charge in [0.2, 0.25) is 0 Å². The fourth-order valence-electron chi connectivity index (χ4n) is 5.42. The smallest absolute Gasteiger partial charge is 0.000701 e. The predicted molar refractivity (Wildman–Crippen MR) is 188 cm³/mol. The van der Waals surface area contributed by atoms with Crippen molar-refractivity contribution in [3.05, 3.63) is 64.8 Å². The zero-order valence-corrected chi connectivity index (χ0v) is 29.9. The molecule has 40 heavy (non-hydrogen) atoms. The molecule has 1 aromatic rings. The minimum atomic E-state index is 0.267. The van der Waals surface area contributed by atoms with E-state index in [9.17, 15) is 0 Å². The molecule has 0 spiro atoms. The van der Waals surface area contributed by atoms with Crippen LogP contribution in [0, 0.1) is 5.92 Å². The predicted octanol–water partition coefficient (Wildman–Crippen LogP) is 12.6. The topological polar surface area (TPSA) is 3.24 Å². The second kappa shape index (κ2) is 22.1. The van der Waals surface area contributed by atoms with E-state index in [1.54, 1.807) is 0 Å². The van der Waals surface area contributed by atoms with E-state index in [1.165, 1.54) is 86.0 Å². The van der Waals surface area contributed by atoms with Crippen molar-refractivity contribution in [1.29, 1.82) is 0 Å². The molecule has 0 N–H and O–H groups in total. The molecule has 0 bridgehead atoms. The van der Waals surface area contributed by atoms with Crippen molar-refractivity contribution in [2.45, 2.75) is 153 Å². The van der Waals surface area contributed by atoms with E-state index in [1.807, 2.05) is 27.7 Å². The van der Waals surface area contributed by atoms with Crippen molar-refractivity contribution < 1.29 is 0 Å². The van der Waals surface area contributed by atoms with Gasteiger partial charge in [0.1, 0.15) is 0 Å². The Labute approximate surface area is 253 Å². The van der Waals surface area contributed by atoms with Gasteiger partial charge in [-0.1, -0.05) is 138 Å². The molecule has 0 aromatic heterocycles. The fraction of sp³-hybridized carbons (Fsp3) is 0.692. The first kappa shape index (κ1) is 40.5. The summed E-state index contributed by atoms with van der Waals surface area (Å²) in [7, 11) is 0. The Kier molecular flexibility index (Phi) is 22.4. The lowest BCUT2D eigenvalue weighted by Gasteiger charge is -2.42. The molecule has 0 amide bonds. The van der Waals surface area contributed by atoms with Crippen molar-refractivity contribution in [1.82, 2.24) is 4.90 Å². The normalized spacial score (nSPS) is 15.9. The highest BCUT2D eigenvalue weighted by Gasteiger charge is 2.36. The summed E-state index contributed by atoms with van der Waals surface area (Å²) in [4.78, 5) is 2.61. The van der Waals surface area contributed by atoms with Crippen LogP contribution in [0.4, 0.5) is 0 Å². The molecule has 0 aliphatic heterocycles. The number of hydrogen-bond donors (Lipinski definition) is 0. The van der Waals surface area contributed by atoms with Crippen molar-refractivity contribution in [2.75, 3.05) is 19.6 Å². The molecular weight excluding hydrogens is 482 g/mol. The number of hydrogen-bond acceptors (Lipinski definition) is 1. The van der Waals surface area contributed by atoms with Gasteiger partial charge in [-0.3, -0.25) is 0 Å². The van der Waals surface area contributed by atoms with Crippen LogP contribution in [0.5, 0.6) is 0 Å². The van der Waals surface area contributed by atoms with Gasteiger partial charge in [-0.2, -0.15) is 0 Å². The molecule has 1 aliphatic carbocycles. The summed E-state index contributed by atoms with van der Waals surface area (Å²) in [6, 6.07) is 7.09. The van der Waals surface area contributed by atoms with E-state index in [0.29, 0.717) is 0 Å². The maximum Gasteiger partial charge on any atom is 0.000701 e. The van der Waals surface area contributed by atoms with Crippen molar-refractivity contribution >= 4 is 5.57 Å². The Morgan fingerprint density at radius 2 is 1.38 bits per heavy atom. The molecule has 1 nitrogen and oxygen atoms in total. The summed E-state index contributed by atoms with van der Waals surface area (Å²) < 4.78 is 0. The van der Waals surface area contributed by atoms with Crippen LogP contribution in [-0.2, 0) is 10.8 Å². The second-order valence-electron chi connectivity index (χ2n) is 12.6. The van der Waals surface area contributed by atoms with Gasteiger partial charge in [0, 0.05) is 6.54 Å². The second-order valence-corrected chi connectivity index (χ2v) is 12.6. The molecule has 232 valence electrons. The average molecular weight is 554 g/mol. The standard InChI is InChI=1S/C23H32.C12H27N.2C2H6/c1-8-18(11-9-10-17(2)3)19-12-13-20-21(16-19)23(6,7)15-14-22(20,4)5;1-5-8-12(4)11-13(9-6-2)10-7-3;2*1-2/h8-13,16H,14-15H2,1-7H3;12H,5-11H2,1-4H3;2*1-2H3/b11-9-,18-8-;;;. The summed E-state index contributed by atoms with van der Waals surface area (Å²) in [6.45, 7) is 37.0. The highest BCUT2D eigenvalue weighted by atomic mass is 15.1. The Hall–Kier alpha value is -1.60. The van der Waals surface area contributed by atoms with Crippen LogP contribution in [0.1, 0.15) is 159 Å². The van der Waals surface area contributed by atoms with Crippen molar-refractivity contribution in [3.8, 4) is 0 Å². The Morgan fingerprint density at radius 3 is 1.82 bits per heavy atom. The zero-order chi connectivity index (χ0) is 31.4. The highest BCUT2D eigenvalue weighted by Crippen LogP contribution is 2.46. The number of allylic oxidation sites excluding steroid dienone is 6. The minimum absolute atomic E-state index is 0.267. The molecule has 2 rings (SSSR count). The lowest BCUT2D eigenvalue weighted by Crippen LogP contribution is -2.33. The molecule has 1 atom stereocenters. The Morgan fingerprint density at radius 1 is 0.850 bits per heavy atom. The molecule has 0 heterocycles. The maximum absolute atomic E-state index is 2.61. The Balaban J connectivity index is 0. The lowest BCUT2D eigenvalue weighted by atomic mass is 9.63. The summed E-state index contributed by atoms with van der Waals surface area (Å²) in [5.74, 6) is 0.878. The first-order chi connectivity index (χ1) is 18.9. The molecule has 1 heteroatoms. The zero-order valence-electron chi connectivity index (χ0n) is 29.9. The van der Waals surface area contributed by atoms with Crippen molar-refractivity contribution in [2.24, 2.45) is 5.92 Å². The van der Waals surface area contributed by atoms with Crippen LogP contribution in [0.2, 0.25) is 0 Å². The molecule has 0 saturated carbocycles. The SMILES string of the molecule is C/C=C(/C=C\C=C(C)C)c1ccc2c(c1)C(C)(C)CCC2(C)C.CC.CC.CCCC(C)CN(CCC)CCC. The number of benzene rings is 1. The van der Waals surface area contributed by atoms with Crippen LogP contribution >= 0.6 is 0 Å². The first-order valence-electron chi connectivity index (χ1n) is 16.8. The average Bonchev–Trinajstić information content (AvgIpc) is 2.92. The number of fused-ring (bicyclic) bond motifs is 1. The monoisotopic (exact) mass is 554 g/mol. The van der Waals surface area contributed by atoms with Crippen LogP contribution in [0.15, 0.2) is 48.1 Å². The van der Waals surface area contributed by atoms with Crippen LogP contribution < -0.4 is 0 Å². The van der Waals surface area contributed by atoms with Gasteiger partial charge in [-0.15, -0.1) is 0 Å². The molecular formula is C39H71N. The Bertz CT molecular complexity index is 855. The van der Waals surface area contributed by atoms with Gasteiger partial charge in [0.05, 0.1) is 0 Å². The van der Waals surface area contributed by atoms with E-state index < -0.39 is 0 Å². The van der Waals surface area contributed by atoms with Crippen LogP contribution in [0.25, 0.3) is 5.57 Å². The van der Waals surface area contributed by atoms with Crippen LogP contribution in [0.3, 0.4) is 0 Å². The molecule has 0 fully saturated rings. The van der Waals surface area contributed by atoms with Gasteiger partial charge in [0.25, 0.3) is 0 Å². The molecule has 1 aliphatic rings. The van der Waals surface area contributed by atoms with E-state index >= 15 is 0 Å². The van der Waals surface area contributed by atoms with Gasteiger partial charge in [0.15, 0.2) is 0 Å². The summed E-state index contributed by atoms with van der Waals surface area (Å²) >= 11 is 0. The number of nitrogens with zero attached hydrogens (tertiary/aromatic N) is 1. The molecule has 1 unspecified atom stereocenters. The molecule has 0 saturated heterocycles. The van der Waals surface area contributed by atoms with Gasteiger partial charge >= 0.3 is 0 Å². The molecule has 0 radical (unpaired) electrons. The van der Waals surface area contributed by atoms with Gasteiger partial charge in [-0.05, 0) is 105 Å². The third kappa shape index (κ3) is 14.9. The van der Waals surface area contributed by atoms with E-state index in [0.717, 1.165) is 5.92 Å². The summed E-state index contributed by atoms with van der Waals surface area (Å²) in [5, 5.41) is 0. The quantitative estimate of drug-likeness (QED) is 0.246. The summed E-state index contributed by atoms with van der Waals surface area (Å²) in [5.41, 5.74) is 7.56.